The molecular formula is C18H21N5OS2. The molecule has 0 saturated carbocycles. The highest BCUT2D eigenvalue weighted by atomic mass is 32.1. The van der Waals surface area contributed by atoms with Crippen molar-refractivity contribution in [2.45, 2.75) is 13.0 Å². The van der Waals surface area contributed by atoms with Gasteiger partial charge in [-0.25, -0.2) is 4.98 Å². The van der Waals surface area contributed by atoms with E-state index in [-0.39, 0.29) is 0 Å². The second kappa shape index (κ2) is 8.79. The van der Waals surface area contributed by atoms with E-state index in [9.17, 15) is 0 Å². The topological polar surface area (TPSA) is 98.5 Å². The molecule has 3 rings (SSSR count). The average molecular weight is 388 g/mol. The quantitative estimate of drug-likeness (QED) is 0.427. The summed E-state index contributed by atoms with van der Waals surface area (Å²) in [7, 11) is 1.67. The minimum Gasteiger partial charge on any atom is -0.496 e. The van der Waals surface area contributed by atoms with Crippen LogP contribution in [0.1, 0.15) is 10.4 Å². The van der Waals surface area contributed by atoms with Crippen molar-refractivity contribution in [3.05, 3.63) is 52.2 Å². The van der Waals surface area contributed by atoms with E-state index in [1.54, 1.807) is 18.4 Å². The molecule has 0 fully saturated rings. The molecule has 0 bridgehead atoms. The van der Waals surface area contributed by atoms with Crippen LogP contribution in [0.4, 0.5) is 5.13 Å². The van der Waals surface area contributed by atoms with Crippen molar-refractivity contribution in [1.82, 2.24) is 4.98 Å². The largest absolute Gasteiger partial charge is 0.496 e. The van der Waals surface area contributed by atoms with E-state index in [2.05, 4.69) is 15.3 Å². The zero-order valence-electron chi connectivity index (χ0n) is 14.4. The van der Waals surface area contributed by atoms with Crippen molar-refractivity contribution in [1.29, 1.82) is 0 Å². The molecule has 5 N–H and O–H groups in total. The maximum absolute atomic E-state index is 5.97. The Balaban J connectivity index is 1.57. The van der Waals surface area contributed by atoms with Crippen LogP contribution in [-0.4, -0.2) is 24.6 Å². The summed E-state index contributed by atoms with van der Waals surface area (Å²) in [4.78, 5) is 11.2. The number of guanidine groups is 1. The number of rotatable bonds is 7. The molecule has 1 aromatic carbocycles. The molecule has 2 heterocycles. The van der Waals surface area contributed by atoms with Gasteiger partial charge < -0.3 is 21.5 Å². The molecule has 0 aliphatic rings. The highest BCUT2D eigenvalue weighted by molar-refractivity contribution is 7.17. The fourth-order valence-corrected chi connectivity index (χ4v) is 4.06. The SMILES string of the molecule is COc1ccccc1CCN=C(N)Nc1nc(-c2ccc(CN)s2)cs1. The van der Waals surface area contributed by atoms with Gasteiger partial charge >= 0.3 is 0 Å². The summed E-state index contributed by atoms with van der Waals surface area (Å²) in [6.07, 6.45) is 0.757. The summed E-state index contributed by atoms with van der Waals surface area (Å²) in [6.45, 7) is 1.12. The predicted molar refractivity (Wildman–Crippen MR) is 110 cm³/mol. The molecule has 0 amide bonds. The number of thiazole rings is 1. The number of hydrogen-bond donors (Lipinski definition) is 3. The van der Waals surface area contributed by atoms with Crippen LogP contribution >= 0.6 is 22.7 Å². The normalized spacial score (nSPS) is 11.5. The molecule has 2 aromatic heterocycles. The highest BCUT2D eigenvalue weighted by Gasteiger charge is 2.08. The van der Waals surface area contributed by atoms with Gasteiger partial charge in [0.1, 0.15) is 5.75 Å². The van der Waals surface area contributed by atoms with Crippen LogP contribution in [0.2, 0.25) is 0 Å². The van der Waals surface area contributed by atoms with Crippen LogP contribution in [0.5, 0.6) is 5.75 Å². The van der Waals surface area contributed by atoms with E-state index in [0.717, 1.165) is 38.3 Å². The standard InChI is InChI=1S/C18H21N5OS2/c1-24-15-5-3-2-4-12(15)8-9-21-17(20)23-18-22-14(11-25-18)16-7-6-13(10-19)26-16/h2-7,11H,8-10,19H2,1H3,(H3,20,21,22,23). The van der Waals surface area contributed by atoms with Crippen LogP contribution in [0, 0.1) is 0 Å². The summed E-state index contributed by atoms with van der Waals surface area (Å²) in [5.74, 6) is 1.22. The van der Waals surface area contributed by atoms with Gasteiger partial charge in [0.2, 0.25) is 0 Å². The van der Waals surface area contributed by atoms with Crippen molar-refractivity contribution in [2.24, 2.45) is 16.5 Å². The smallest absolute Gasteiger partial charge is 0.194 e. The molecule has 0 unspecified atom stereocenters. The van der Waals surface area contributed by atoms with E-state index in [1.165, 1.54) is 11.3 Å². The second-order valence-corrected chi connectivity index (χ2v) is 7.49. The monoisotopic (exact) mass is 387 g/mol. The molecule has 6 nitrogen and oxygen atoms in total. The number of nitrogens with one attached hydrogen (secondary N) is 1. The molecule has 0 atom stereocenters. The van der Waals surface area contributed by atoms with Crippen LogP contribution in [0.3, 0.4) is 0 Å². The Labute approximate surface area is 160 Å². The Morgan fingerprint density at radius 2 is 2.12 bits per heavy atom. The van der Waals surface area contributed by atoms with Crippen LogP contribution in [0.25, 0.3) is 10.6 Å². The molecule has 136 valence electrons. The van der Waals surface area contributed by atoms with Gasteiger partial charge in [-0.05, 0) is 30.2 Å². The van der Waals surface area contributed by atoms with E-state index >= 15 is 0 Å². The molecule has 0 aliphatic heterocycles. The Morgan fingerprint density at radius 1 is 1.27 bits per heavy atom. The van der Waals surface area contributed by atoms with E-state index in [1.807, 2.05) is 41.8 Å². The number of methoxy groups -OCH3 is 1. The Bertz CT molecular complexity index is 887. The molecule has 8 heteroatoms. The first-order chi connectivity index (χ1) is 12.7. The van der Waals surface area contributed by atoms with Gasteiger partial charge in [-0.3, -0.25) is 4.99 Å². The van der Waals surface area contributed by atoms with E-state index in [4.69, 9.17) is 16.2 Å². The van der Waals surface area contributed by atoms with Crippen molar-refractivity contribution < 1.29 is 4.74 Å². The number of nitrogens with zero attached hydrogens (tertiary/aromatic N) is 2. The fourth-order valence-electron chi connectivity index (χ4n) is 2.42. The molecule has 0 saturated heterocycles. The third-order valence-electron chi connectivity index (χ3n) is 3.71. The number of ether oxygens (including phenoxy) is 1. The zero-order valence-corrected chi connectivity index (χ0v) is 16.1. The third kappa shape index (κ3) is 4.60. The summed E-state index contributed by atoms with van der Waals surface area (Å²) in [5, 5.41) is 5.77. The lowest BCUT2D eigenvalue weighted by atomic mass is 10.1. The lowest BCUT2D eigenvalue weighted by Crippen LogP contribution is -2.23. The van der Waals surface area contributed by atoms with Crippen molar-refractivity contribution in [2.75, 3.05) is 19.0 Å². The predicted octanol–water partition coefficient (Wildman–Crippen LogP) is 3.31. The van der Waals surface area contributed by atoms with Crippen LogP contribution < -0.4 is 21.5 Å². The maximum atomic E-state index is 5.97. The minimum atomic E-state index is 0.356. The number of aromatic nitrogens is 1. The highest BCUT2D eigenvalue weighted by Crippen LogP contribution is 2.30. The molecule has 0 spiro atoms. The van der Waals surface area contributed by atoms with Gasteiger partial charge in [0, 0.05) is 23.3 Å². The van der Waals surface area contributed by atoms with Gasteiger partial charge in [-0.15, -0.1) is 22.7 Å². The third-order valence-corrected chi connectivity index (χ3v) is 5.60. The van der Waals surface area contributed by atoms with Gasteiger partial charge in [-0.2, -0.15) is 0 Å². The van der Waals surface area contributed by atoms with Crippen LogP contribution in [0.15, 0.2) is 46.8 Å². The molecular weight excluding hydrogens is 366 g/mol. The average Bonchev–Trinajstić information content (AvgIpc) is 3.31. The number of para-hydroxylation sites is 1. The Hall–Kier alpha value is -2.42. The van der Waals surface area contributed by atoms with E-state index < -0.39 is 0 Å². The lowest BCUT2D eigenvalue weighted by molar-refractivity contribution is 0.410. The number of hydrogen-bond acceptors (Lipinski definition) is 6. The van der Waals surface area contributed by atoms with Crippen molar-refractivity contribution >= 4 is 33.8 Å². The van der Waals surface area contributed by atoms with Gasteiger partial charge in [-0.1, -0.05) is 18.2 Å². The first-order valence-electron chi connectivity index (χ1n) is 8.13. The van der Waals surface area contributed by atoms with Crippen molar-refractivity contribution in [3.8, 4) is 16.3 Å². The fraction of sp³-hybridized carbons (Fsp3) is 0.222. The maximum Gasteiger partial charge on any atom is 0.194 e. The molecule has 3 aromatic rings. The van der Waals surface area contributed by atoms with Crippen molar-refractivity contribution in [3.63, 3.8) is 0 Å². The Kier molecular flexibility index (Phi) is 6.21. The Morgan fingerprint density at radius 3 is 2.88 bits per heavy atom. The van der Waals surface area contributed by atoms with Gasteiger partial charge in [0.25, 0.3) is 0 Å². The summed E-state index contributed by atoms with van der Waals surface area (Å²) >= 11 is 3.15. The number of nitrogens with two attached hydrogens (primary N) is 2. The second-order valence-electron chi connectivity index (χ2n) is 5.46. The molecule has 26 heavy (non-hydrogen) atoms. The van der Waals surface area contributed by atoms with Gasteiger partial charge in [0.15, 0.2) is 11.1 Å². The lowest BCUT2D eigenvalue weighted by Gasteiger charge is -2.06. The summed E-state index contributed by atoms with van der Waals surface area (Å²) in [6, 6.07) is 12.0. The first-order valence-corrected chi connectivity index (χ1v) is 9.82. The summed E-state index contributed by atoms with van der Waals surface area (Å²) in [5.41, 5.74) is 13.7. The minimum absolute atomic E-state index is 0.356. The number of thiophene rings is 1. The number of benzene rings is 1. The summed E-state index contributed by atoms with van der Waals surface area (Å²) < 4.78 is 5.34. The first kappa shape index (κ1) is 18.4. The molecule has 0 aliphatic carbocycles. The zero-order chi connectivity index (χ0) is 18.4. The van der Waals surface area contributed by atoms with E-state index in [0.29, 0.717) is 19.0 Å². The van der Waals surface area contributed by atoms with Gasteiger partial charge in [0.05, 0.1) is 17.7 Å². The number of aliphatic imine (C=N–C) groups is 1. The number of anilines is 1. The van der Waals surface area contributed by atoms with Crippen LogP contribution in [-0.2, 0) is 13.0 Å². The molecule has 0 radical (unpaired) electrons.